The topological polar surface area (TPSA) is 57.0 Å². The van der Waals surface area contributed by atoms with Crippen molar-refractivity contribution < 1.29 is 9.53 Å². The van der Waals surface area contributed by atoms with E-state index in [9.17, 15) is 4.79 Å². The molecule has 0 saturated carbocycles. The predicted molar refractivity (Wildman–Crippen MR) is 94.3 cm³/mol. The maximum absolute atomic E-state index is 12.4. The van der Waals surface area contributed by atoms with E-state index in [4.69, 9.17) is 27.9 Å². The van der Waals surface area contributed by atoms with Gasteiger partial charge in [-0.2, -0.15) is 4.68 Å². The molecule has 0 aliphatic carbocycles. The standard InChI is InChI=1S/C17H15Cl2N3O2/c1-9-4-11(3)17(13(19)5-9)24-8-16(23)22-15-7-12(18)10(2)6-14(15)20-21-22/h4-7H,8H2,1-3H3. The molecular formula is C17H15Cl2N3O2. The number of hydrogen-bond acceptors (Lipinski definition) is 4. The highest BCUT2D eigenvalue weighted by Gasteiger charge is 2.16. The monoisotopic (exact) mass is 363 g/mol. The summed E-state index contributed by atoms with van der Waals surface area (Å²) < 4.78 is 6.80. The first-order valence-electron chi connectivity index (χ1n) is 7.31. The normalized spacial score (nSPS) is 11.0. The van der Waals surface area contributed by atoms with E-state index in [1.807, 2.05) is 26.8 Å². The molecule has 0 unspecified atom stereocenters. The number of aryl methyl sites for hydroxylation is 3. The van der Waals surface area contributed by atoms with E-state index in [0.29, 0.717) is 26.8 Å². The van der Waals surface area contributed by atoms with Crippen LogP contribution in [0.25, 0.3) is 11.0 Å². The zero-order chi connectivity index (χ0) is 17.4. The summed E-state index contributed by atoms with van der Waals surface area (Å²) in [5.41, 5.74) is 3.93. The second-order valence-corrected chi connectivity index (χ2v) is 6.48. The van der Waals surface area contributed by atoms with Gasteiger partial charge >= 0.3 is 0 Å². The van der Waals surface area contributed by atoms with Gasteiger partial charge in [-0.25, -0.2) is 0 Å². The van der Waals surface area contributed by atoms with Crippen LogP contribution < -0.4 is 4.74 Å². The minimum Gasteiger partial charge on any atom is -0.482 e. The average Bonchev–Trinajstić information content (AvgIpc) is 2.89. The number of carbonyl (C=O) groups is 1. The zero-order valence-electron chi connectivity index (χ0n) is 13.4. The molecule has 0 N–H and O–H groups in total. The number of benzene rings is 2. The van der Waals surface area contributed by atoms with E-state index >= 15 is 0 Å². The highest BCUT2D eigenvalue weighted by Crippen LogP contribution is 2.30. The summed E-state index contributed by atoms with van der Waals surface area (Å²) in [7, 11) is 0. The van der Waals surface area contributed by atoms with E-state index in [1.54, 1.807) is 18.2 Å². The van der Waals surface area contributed by atoms with Crippen molar-refractivity contribution in [2.24, 2.45) is 0 Å². The van der Waals surface area contributed by atoms with Gasteiger partial charge in [-0.3, -0.25) is 4.79 Å². The molecule has 1 heterocycles. The summed E-state index contributed by atoms with van der Waals surface area (Å²) >= 11 is 12.3. The summed E-state index contributed by atoms with van der Waals surface area (Å²) in [6.45, 7) is 5.49. The lowest BCUT2D eigenvalue weighted by atomic mass is 10.1. The van der Waals surface area contributed by atoms with Crippen LogP contribution in [-0.2, 0) is 0 Å². The van der Waals surface area contributed by atoms with Gasteiger partial charge in [0.15, 0.2) is 6.61 Å². The molecule has 0 aliphatic rings. The molecule has 24 heavy (non-hydrogen) atoms. The predicted octanol–water partition coefficient (Wildman–Crippen LogP) is 4.38. The van der Waals surface area contributed by atoms with Gasteiger partial charge < -0.3 is 4.74 Å². The molecule has 0 atom stereocenters. The average molecular weight is 364 g/mol. The molecule has 0 amide bonds. The van der Waals surface area contributed by atoms with Crippen LogP contribution in [0, 0.1) is 20.8 Å². The number of rotatable bonds is 3. The van der Waals surface area contributed by atoms with Gasteiger partial charge in [0.1, 0.15) is 11.3 Å². The highest BCUT2D eigenvalue weighted by atomic mass is 35.5. The fourth-order valence-electron chi connectivity index (χ4n) is 2.51. The Morgan fingerprint density at radius 2 is 1.83 bits per heavy atom. The molecule has 0 fully saturated rings. The van der Waals surface area contributed by atoms with Crippen LogP contribution >= 0.6 is 23.2 Å². The van der Waals surface area contributed by atoms with Crippen LogP contribution in [0.1, 0.15) is 21.5 Å². The van der Waals surface area contributed by atoms with Crippen LogP contribution in [0.5, 0.6) is 5.75 Å². The van der Waals surface area contributed by atoms with Crippen molar-refractivity contribution in [2.75, 3.05) is 6.61 Å². The van der Waals surface area contributed by atoms with Gasteiger partial charge in [0.25, 0.3) is 5.91 Å². The van der Waals surface area contributed by atoms with E-state index in [2.05, 4.69) is 10.3 Å². The third-order valence-corrected chi connectivity index (χ3v) is 4.36. The zero-order valence-corrected chi connectivity index (χ0v) is 14.9. The number of hydrogen-bond donors (Lipinski definition) is 0. The Morgan fingerprint density at radius 3 is 2.54 bits per heavy atom. The maximum atomic E-state index is 12.4. The van der Waals surface area contributed by atoms with Crippen molar-refractivity contribution in [3.8, 4) is 5.75 Å². The molecule has 1 aromatic heterocycles. The van der Waals surface area contributed by atoms with Crippen molar-refractivity contribution in [1.82, 2.24) is 15.0 Å². The maximum Gasteiger partial charge on any atom is 0.286 e. The molecule has 124 valence electrons. The van der Waals surface area contributed by atoms with Gasteiger partial charge in [0.2, 0.25) is 0 Å². The number of ether oxygens (including phenoxy) is 1. The van der Waals surface area contributed by atoms with Crippen molar-refractivity contribution in [3.63, 3.8) is 0 Å². The van der Waals surface area contributed by atoms with Gasteiger partial charge in [0, 0.05) is 5.02 Å². The Kier molecular flexibility index (Phi) is 4.47. The third kappa shape index (κ3) is 3.09. The quantitative estimate of drug-likeness (QED) is 0.692. The summed E-state index contributed by atoms with van der Waals surface area (Å²) in [6, 6.07) is 7.20. The fourth-order valence-corrected chi connectivity index (χ4v) is 3.04. The number of nitrogens with zero attached hydrogens (tertiary/aromatic N) is 3. The van der Waals surface area contributed by atoms with Crippen molar-refractivity contribution >= 4 is 40.1 Å². The number of carbonyl (C=O) groups excluding carboxylic acids is 1. The van der Waals surface area contributed by atoms with E-state index in [0.717, 1.165) is 16.7 Å². The Balaban J connectivity index is 1.85. The number of aromatic nitrogens is 3. The molecule has 0 spiro atoms. The highest BCUT2D eigenvalue weighted by molar-refractivity contribution is 6.32. The van der Waals surface area contributed by atoms with Crippen LogP contribution in [0.3, 0.4) is 0 Å². The molecule has 0 saturated heterocycles. The molecule has 0 radical (unpaired) electrons. The van der Waals surface area contributed by atoms with Gasteiger partial charge in [-0.05, 0) is 55.7 Å². The first-order valence-corrected chi connectivity index (χ1v) is 8.06. The smallest absolute Gasteiger partial charge is 0.286 e. The van der Waals surface area contributed by atoms with Crippen LogP contribution in [0.2, 0.25) is 10.0 Å². The van der Waals surface area contributed by atoms with Crippen molar-refractivity contribution in [3.05, 3.63) is 51.0 Å². The Bertz CT molecular complexity index is 927. The minimum absolute atomic E-state index is 0.201. The van der Waals surface area contributed by atoms with Crippen LogP contribution in [0.15, 0.2) is 24.3 Å². The Labute approximate surface area is 149 Å². The van der Waals surface area contributed by atoms with Crippen LogP contribution in [-0.4, -0.2) is 27.5 Å². The van der Waals surface area contributed by atoms with E-state index in [-0.39, 0.29) is 12.5 Å². The molecule has 3 aromatic rings. The van der Waals surface area contributed by atoms with E-state index in [1.165, 1.54) is 4.68 Å². The number of fused-ring (bicyclic) bond motifs is 1. The molecule has 0 bridgehead atoms. The lowest BCUT2D eigenvalue weighted by Gasteiger charge is -2.11. The molecule has 0 aliphatic heterocycles. The summed E-state index contributed by atoms with van der Waals surface area (Å²) in [5, 5.41) is 8.92. The fraction of sp³-hybridized carbons (Fsp3) is 0.235. The largest absolute Gasteiger partial charge is 0.482 e. The Hall–Kier alpha value is -2.11. The first-order chi connectivity index (χ1) is 11.4. The van der Waals surface area contributed by atoms with Crippen molar-refractivity contribution in [1.29, 1.82) is 0 Å². The second kappa shape index (κ2) is 6.42. The molecule has 2 aromatic carbocycles. The lowest BCUT2D eigenvalue weighted by molar-refractivity contribution is 0.0824. The van der Waals surface area contributed by atoms with Crippen molar-refractivity contribution in [2.45, 2.75) is 20.8 Å². The second-order valence-electron chi connectivity index (χ2n) is 5.67. The first kappa shape index (κ1) is 16.7. The van der Waals surface area contributed by atoms with Gasteiger partial charge in [0.05, 0.1) is 10.5 Å². The Morgan fingerprint density at radius 1 is 1.08 bits per heavy atom. The lowest BCUT2D eigenvalue weighted by Crippen LogP contribution is -2.21. The summed E-state index contributed by atoms with van der Waals surface area (Å²) in [5.74, 6) is 0.141. The van der Waals surface area contributed by atoms with Gasteiger partial charge in [-0.15, -0.1) is 5.10 Å². The van der Waals surface area contributed by atoms with Gasteiger partial charge in [-0.1, -0.05) is 34.5 Å². The minimum atomic E-state index is -0.353. The molecule has 7 heteroatoms. The molecular weight excluding hydrogens is 349 g/mol. The number of halogens is 2. The molecule has 3 rings (SSSR count). The molecule has 5 nitrogen and oxygen atoms in total. The third-order valence-electron chi connectivity index (χ3n) is 3.68. The SMILES string of the molecule is Cc1cc(C)c(OCC(=O)n2nnc3cc(C)c(Cl)cc32)c(Cl)c1. The summed E-state index contributed by atoms with van der Waals surface area (Å²) in [6.07, 6.45) is 0. The van der Waals surface area contributed by atoms with Crippen LogP contribution in [0.4, 0.5) is 0 Å². The summed E-state index contributed by atoms with van der Waals surface area (Å²) in [4.78, 5) is 12.4. The van der Waals surface area contributed by atoms with E-state index < -0.39 is 0 Å².